The average molecular weight is 209 g/mol. The Hall–Kier alpha value is -1.52. The van der Waals surface area contributed by atoms with Gasteiger partial charge in [-0.2, -0.15) is 0 Å². The van der Waals surface area contributed by atoms with E-state index in [1.165, 1.54) is 19.3 Å². The summed E-state index contributed by atoms with van der Waals surface area (Å²) in [6.07, 6.45) is 8.47. The Morgan fingerprint density at radius 2 is 2.20 bits per heavy atom. The summed E-state index contributed by atoms with van der Waals surface area (Å²) in [6.45, 7) is 0. The van der Waals surface area contributed by atoms with Crippen molar-refractivity contribution in [2.75, 3.05) is 0 Å². The number of nitrogens with one attached hydrogen (secondary N) is 1. The molecular formula is C10H15N3O2. The van der Waals surface area contributed by atoms with E-state index in [4.69, 9.17) is 4.84 Å². The molecule has 2 rings (SSSR count). The van der Waals surface area contributed by atoms with Crippen molar-refractivity contribution < 1.29 is 9.63 Å². The number of rotatable bonds is 2. The molecule has 1 amide bonds. The van der Waals surface area contributed by atoms with E-state index in [9.17, 15) is 4.79 Å². The van der Waals surface area contributed by atoms with Crippen LogP contribution in [-0.4, -0.2) is 22.1 Å². The Morgan fingerprint density at radius 3 is 2.87 bits per heavy atom. The highest BCUT2D eigenvalue weighted by Gasteiger charge is 2.16. The molecule has 5 heteroatoms. The number of aromatic nitrogens is 2. The van der Waals surface area contributed by atoms with Crippen LogP contribution in [0.15, 0.2) is 18.5 Å². The van der Waals surface area contributed by atoms with Gasteiger partial charge in [-0.05, 0) is 18.9 Å². The van der Waals surface area contributed by atoms with Gasteiger partial charge in [0, 0.05) is 6.04 Å². The van der Waals surface area contributed by atoms with Gasteiger partial charge in [-0.3, -0.25) is 4.84 Å². The third-order valence-corrected chi connectivity index (χ3v) is 2.58. The van der Waals surface area contributed by atoms with E-state index in [-0.39, 0.29) is 6.04 Å². The number of amides is 1. The monoisotopic (exact) mass is 209 g/mol. The Bertz CT molecular complexity index is 304. The van der Waals surface area contributed by atoms with Crippen LogP contribution in [0.1, 0.15) is 32.1 Å². The maximum atomic E-state index is 11.4. The molecule has 0 saturated heterocycles. The Labute approximate surface area is 88.4 Å². The Kier molecular flexibility index (Phi) is 3.22. The third kappa shape index (κ3) is 2.97. The summed E-state index contributed by atoms with van der Waals surface area (Å²) in [7, 11) is 0. The molecule has 0 spiro atoms. The van der Waals surface area contributed by atoms with Gasteiger partial charge in [-0.1, -0.05) is 24.1 Å². The van der Waals surface area contributed by atoms with Gasteiger partial charge in [0.2, 0.25) is 0 Å². The van der Waals surface area contributed by atoms with E-state index in [0.717, 1.165) is 17.7 Å². The first-order valence-electron chi connectivity index (χ1n) is 5.33. The van der Waals surface area contributed by atoms with Crippen LogP contribution in [0, 0.1) is 0 Å². The van der Waals surface area contributed by atoms with Crippen molar-refractivity contribution in [2.24, 2.45) is 0 Å². The van der Waals surface area contributed by atoms with E-state index in [1.807, 2.05) is 0 Å². The van der Waals surface area contributed by atoms with Gasteiger partial charge in [-0.15, -0.1) is 5.10 Å². The lowest BCUT2D eigenvalue weighted by Crippen LogP contribution is -2.40. The fraction of sp³-hybridized carbons (Fsp3) is 0.600. The number of carbonyl (C=O) groups excluding carboxylic acids is 1. The van der Waals surface area contributed by atoms with E-state index in [1.54, 1.807) is 18.5 Å². The zero-order valence-corrected chi connectivity index (χ0v) is 8.56. The number of carbonyl (C=O) groups is 1. The van der Waals surface area contributed by atoms with E-state index in [2.05, 4.69) is 10.4 Å². The van der Waals surface area contributed by atoms with Crippen molar-refractivity contribution in [3.8, 4) is 0 Å². The van der Waals surface area contributed by atoms with Crippen LogP contribution in [-0.2, 0) is 0 Å². The zero-order chi connectivity index (χ0) is 10.5. The average Bonchev–Trinajstić information content (AvgIpc) is 2.71. The van der Waals surface area contributed by atoms with E-state index in [0.29, 0.717) is 0 Å². The van der Waals surface area contributed by atoms with Crippen molar-refractivity contribution in [3.63, 3.8) is 0 Å². The molecule has 1 fully saturated rings. The van der Waals surface area contributed by atoms with Crippen LogP contribution in [0.25, 0.3) is 0 Å². The third-order valence-electron chi connectivity index (χ3n) is 2.58. The van der Waals surface area contributed by atoms with Crippen molar-refractivity contribution in [3.05, 3.63) is 18.5 Å². The molecule has 0 bridgehead atoms. The van der Waals surface area contributed by atoms with Crippen LogP contribution in [0.4, 0.5) is 4.79 Å². The first kappa shape index (κ1) is 10.0. The predicted molar refractivity (Wildman–Crippen MR) is 54.2 cm³/mol. The first-order chi connectivity index (χ1) is 7.34. The summed E-state index contributed by atoms with van der Waals surface area (Å²) in [5, 5.41) is 6.62. The normalized spacial score (nSPS) is 17.3. The molecule has 0 atom stereocenters. The minimum atomic E-state index is -0.425. The minimum absolute atomic E-state index is 0.266. The summed E-state index contributed by atoms with van der Waals surface area (Å²) in [5.41, 5.74) is 0. The van der Waals surface area contributed by atoms with Crippen molar-refractivity contribution in [1.29, 1.82) is 0 Å². The van der Waals surface area contributed by atoms with Crippen LogP contribution >= 0.6 is 0 Å². The molecule has 1 aliphatic carbocycles. The summed E-state index contributed by atoms with van der Waals surface area (Å²) >= 11 is 0. The highest BCUT2D eigenvalue weighted by molar-refractivity contribution is 5.67. The molecule has 1 N–H and O–H groups in total. The fourth-order valence-electron chi connectivity index (χ4n) is 1.83. The lowest BCUT2D eigenvalue weighted by atomic mass is 9.96. The van der Waals surface area contributed by atoms with Crippen molar-refractivity contribution >= 4 is 6.09 Å². The number of hydrogen-bond donors (Lipinski definition) is 1. The maximum absolute atomic E-state index is 11.4. The van der Waals surface area contributed by atoms with Crippen LogP contribution < -0.4 is 10.2 Å². The molecule has 1 aromatic heterocycles. The summed E-state index contributed by atoms with van der Waals surface area (Å²) < 4.78 is 0. The van der Waals surface area contributed by atoms with Crippen LogP contribution in [0.5, 0.6) is 0 Å². The summed E-state index contributed by atoms with van der Waals surface area (Å²) in [6, 6.07) is 1.97. The van der Waals surface area contributed by atoms with Gasteiger partial charge in [0.15, 0.2) is 0 Å². The molecule has 82 valence electrons. The van der Waals surface area contributed by atoms with Gasteiger partial charge in [-0.25, -0.2) is 4.79 Å². The van der Waals surface area contributed by atoms with Gasteiger partial charge in [0.1, 0.15) is 0 Å². The molecule has 0 unspecified atom stereocenters. The molecule has 15 heavy (non-hydrogen) atoms. The summed E-state index contributed by atoms with van der Waals surface area (Å²) in [4.78, 5) is 17.4. The highest BCUT2D eigenvalue weighted by Crippen LogP contribution is 2.17. The van der Waals surface area contributed by atoms with Crippen LogP contribution in [0.2, 0.25) is 0 Å². The minimum Gasteiger partial charge on any atom is -0.317 e. The Balaban J connectivity index is 1.76. The van der Waals surface area contributed by atoms with Gasteiger partial charge >= 0.3 is 6.09 Å². The Morgan fingerprint density at radius 1 is 1.40 bits per heavy atom. The quantitative estimate of drug-likeness (QED) is 0.800. The molecule has 1 saturated carbocycles. The van der Waals surface area contributed by atoms with E-state index >= 15 is 0 Å². The largest absolute Gasteiger partial charge is 0.433 e. The van der Waals surface area contributed by atoms with E-state index < -0.39 is 6.09 Å². The number of nitrogens with zero attached hydrogens (tertiary/aromatic N) is 2. The molecule has 0 radical (unpaired) electrons. The molecule has 5 nitrogen and oxygen atoms in total. The van der Waals surface area contributed by atoms with Crippen LogP contribution in [0.3, 0.4) is 0 Å². The topological polar surface area (TPSA) is 56.1 Å². The lowest BCUT2D eigenvalue weighted by Gasteiger charge is -2.21. The zero-order valence-electron chi connectivity index (χ0n) is 8.56. The molecular weight excluding hydrogens is 194 g/mol. The standard InChI is InChI=1S/C10H15N3O2/c14-10(15-13-8-4-7-11-13)12-9-5-2-1-3-6-9/h4,7-9H,1-3,5-6H2,(H,12,14). The van der Waals surface area contributed by atoms with Crippen molar-refractivity contribution in [1.82, 2.24) is 15.3 Å². The second-order valence-electron chi connectivity index (χ2n) is 3.77. The molecule has 0 aliphatic heterocycles. The molecule has 1 aromatic rings. The van der Waals surface area contributed by atoms with Crippen molar-refractivity contribution in [2.45, 2.75) is 38.1 Å². The van der Waals surface area contributed by atoms with Gasteiger partial charge < -0.3 is 5.32 Å². The maximum Gasteiger partial charge on any atom is 0.433 e. The second-order valence-corrected chi connectivity index (χ2v) is 3.77. The molecule has 1 aliphatic rings. The van der Waals surface area contributed by atoms with Gasteiger partial charge in [0.25, 0.3) is 0 Å². The smallest absolute Gasteiger partial charge is 0.317 e. The summed E-state index contributed by atoms with van der Waals surface area (Å²) in [5.74, 6) is 0. The SMILES string of the molecule is O=C(NC1CCCCC1)On1cccn1. The molecule has 0 aromatic carbocycles. The lowest BCUT2D eigenvalue weighted by molar-refractivity contribution is 0.111. The fourth-order valence-corrected chi connectivity index (χ4v) is 1.83. The second kappa shape index (κ2) is 4.82. The van der Waals surface area contributed by atoms with Gasteiger partial charge in [0.05, 0.1) is 12.4 Å². The number of hydrogen-bond acceptors (Lipinski definition) is 3. The predicted octanol–water partition coefficient (Wildman–Crippen LogP) is 1.35. The first-order valence-corrected chi connectivity index (χ1v) is 5.33. The molecule has 1 heterocycles. The highest BCUT2D eigenvalue weighted by atomic mass is 16.7.